The molecule has 0 spiro atoms. The molecular weight excluding hydrogens is 336 g/mol. The average Bonchev–Trinajstić information content (AvgIpc) is 2.90. The standard InChI is InChI=1S/C16H11BrO4/c17-10-6-11-13(16(19)20)8-21-15(11)12(7-10)14(18)9-4-2-1-3-5-9/h1-7,13H,8H2,(H,19,20)/t13-/m0/s1. The van der Waals surface area contributed by atoms with Crippen LogP contribution in [0.25, 0.3) is 0 Å². The largest absolute Gasteiger partial charge is 0.491 e. The van der Waals surface area contributed by atoms with Crippen LogP contribution in [0.5, 0.6) is 5.75 Å². The van der Waals surface area contributed by atoms with Gasteiger partial charge in [0.25, 0.3) is 0 Å². The van der Waals surface area contributed by atoms with E-state index in [0.717, 1.165) is 0 Å². The monoisotopic (exact) mass is 346 g/mol. The predicted octanol–water partition coefficient (Wildman–Crippen LogP) is 3.24. The van der Waals surface area contributed by atoms with E-state index in [-0.39, 0.29) is 12.4 Å². The zero-order valence-electron chi connectivity index (χ0n) is 10.9. The number of carbonyl (C=O) groups is 2. The molecule has 1 aliphatic heterocycles. The highest BCUT2D eigenvalue weighted by atomic mass is 79.9. The number of benzene rings is 2. The molecule has 0 saturated heterocycles. The van der Waals surface area contributed by atoms with E-state index in [0.29, 0.717) is 26.9 Å². The van der Waals surface area contributed by atoms with Crippen molar-refractivity contribution in [3.63, 3.8) is 0 Å². The van der Waals surface area contributed by atoms with Crippen LogP contribution in [0.2, 0.25) is 0 Å². The Hall–Kier alpha value is -2.14. The minimum Gasteiger partial charge on any atom is -0.491 e. The number of carbonyl (C=O) groups excluding carboxylic acids is 1. The molecule has 2 aromatic rings. The van der Waals surface area contributed by atoms with Gasteiger partial charge in [-0.25, -0.2) is 0 Å². The van der Waals surface area contributed by atoms with Crippen LogP contribution < -0.4 is 4.74 Å². The molecule has 4 nitrogen and oxygen atoms in total. The fraction of sp³-hybridized carbons (Fsp3) is 0.125. The van der Waals surface area contributed by atoms with E-state index in [4.69, 9.17) is 4.74 Å². The number of halogens is 1. The summed E-state index contributed by atoms with van der Waals surface area (Å²) in [4.78, 5) is 23.8. The summed E-state index contributed by atoms with van der Waals surface area (Å²) < 4.78 is 6.14. The average molecular weight is 347 g/mol. The second kappa shape index (κ2) is 5.33. The van der Waals surface area contributed by atoms with Gasteiger partial charge in [0.2, 0.25) is 0 Å². The summed E-state index contributed by atoms with van der Waals surface area (Å²) in [5.74, 6) is -1.50. The predicted molar refractivity (Wildman–Crippen MR) is 79.9 cm³/mol. The van der Waals surface area contributed by atoms with Crippen molar-refractivity contribution in [3.05, 3.63) is 63.6 Å². The fourth-order valence-electron chi connectivity index (χ4n) is 2.41. The molecule has 106 valence electrons. The van der Waals surface area contributed by atoms with Gasteiger partial charge < -0.3 is 9.84 Å². The van der Waals surface area contributed by atoms with Gasteiger partial charge in [-0.1, -0.05) is 46.3 Å². The molecule has 0 amide bonds. The van der Waals surface area contributed by atoms with Crippen molar-refractivity contribution in [3.8, 4) is 5.75 Å². The Bertz CT molecular complexity index is 725. The first-order valence-corrected chi connectivity index (χ1v) is 7.16. The van der Waals surface area contributed by atoms with Crippen molar-refractivity contribution in [1.82, 2.24) is 0 Å². The summed E-state index contributed by atoms with van der Waals surface area (Å²) in [5.41, 5.74) is 1.46. The zero-order valence-corrected chi connectivity index (χ0v) is 12.5. The van der Waals surface area contributed by atoms with Gasteiger partial charge in [0.05, 0.1) is 5.56 Å². The minimum absolute atomic E-state index is 0.0518. The molecule has 0 aromatic heterocycles. The van der Waals surface area contributed by atoms with Crippen molar-refractivity contribution in [2.45, 2.75) is 5.92 Å². The van der Waals surface area contributed by atoms with Gasteiger partial charge >= 0.3 is 5.97 Å². The number of hydrogen-bond acceptors (Lipinski definition) is 3. The van der Waals surface area contributed by atoms with E-state index in [1.165, 1.54) is 0 Å². The van der Waals surface area contributed by atoms with E-state index in [9.17, 15) is 14.7 Å². The Morgan fingerprint density at radius 3 is 2.57 bits per heavy atom. The molecule has 1 aliphatic rings. The number of hydrogen-bond donors (Lipinski definition) is 1. The Morgan fingerprint density at radius 1 is 1.19 bits per heavy atom. The van der Waals surface area contributed by atoms with Gasteiger partial charge in [0.15, 0.2) is 5.78 Å². The van der Waals surface area contributed by atoms with Crippen molar-refractivity contribution in [2.75, 3.05) is 6.61 Å². The number of aliphatic carboxylic acids is 1. The Morgan fingerprint density at radius 2 is 1.90 bits per heavy atom. The van der Waals surface area contributed by atoms with Crippen molar-refractivity contribution in [2.24, 2.45) is 0 Å². The Labute approximate surface area is 129 Å². The number of carboxylic acids is 1. The second-order valence-electron chi connectivity index (χ2n) is 4.77. The molecule has 21 heavy (non-hydrogen) atoms. The summed E-state index contributed by atoms with van der Waals surface area (Å²) in [6.45, 7) is 0.0518. The maximum atomic E-state index is 12.6. The summed E-state index contributed by atoms with van der Waals surface area (Å²) in [7, 11) is 0. The molecule has 1 heterocycles. The molecule has 0 aliphatic carbocycles. The lowest BCUT2D eigenvalue weighted by Gasteiger charge is -2.09. The molecule has 0 radical (unpaired) electrons. The summed E-state index contributed by atoms with van der Waals surface area (Å²) in [6, 6.07) is 12.2. The van der Waals surface area contributed by atoms with Gasteiger partial charge in [-0.15, -0.1) is 0 Å². The fourth-order valence-corrected chi connectivity index (χ4v) is 2.88. The van der Waals surface area contributed by atoms with Crippen LogP contribution in [0, 0.1) is 0 Å². The van der Waals surface area contributed by atoms with E-state index in [2.05, 4.69) is 15.9 Å². The van der Waals surface area contributed by atoms with E-state index >= 15 is 0 Å². The minimum atomic E-state index is -0.954. The smallest absolute Gasteiger partial charge is 0.314 e. The molecule has 0 saturated carbocycles. The lowest BCUT2D eigenvalue weighted by molar-refractivity contribution is -0.138. The molecule has 1 N–H and O–H groups in total. The highest BCUT2D eigenvalue weighted by Crippen LogP contribution is 2.40. The molecule has 0 unspecified atom stereocenters. The van der Waals surface area contributed by atoms with Gasteiger partial charge in [-0.2, -0.15) is 0 Å². The van der Waals surface area contributed by atoms with Crippen LogP contribution in [-0.2, 0) is 4.79 Å². The number of carboxylic acid groups (broad SMARTS) is 1. The maximum Gasteiger partial charge on any atom is 0.314 e. The van der Waals surface area contributed by atoms with Crippen LogP contribution in [-0.4, -0.2) is 23.5 Å². The highest BCUT2D eigenvalue weighted by Gasteiger charge is 2.34. The number of rotatable bonds is 3. The number of fused-ring (bicyclic) bond motifs is 1. The normalized spacial score (nSPS) is 16.1. The van der Waals surface area contributed by atoms with Gasteiger partial charge in [-0.05, 0) is 12.1 Å². The molecule has 2 aromatic carbocycles. The van der Waals surface area contributed by atoms with E-state index in [1.54, 1.807) is 36.4 Å². The molecule has 5 heteroatoms. The molecular formula is C16H11BrO4. The lowest BCUT2D eigenvalue weighted by atomic mass is 9.95. The topological polar surface area (TPSA) is 63.6 Å². The third-order valence-corrected chi connectivity index (χ3v) is 3.89. The molecule has 1 atom stereocenters. The van der Waals surface area contributed by atoms with E-state index in [1.807, 2.05) is 6.07 Å². The molecule has 3 rings (SSSR count). The summed E-state index contributed by atoms with van der Waals surface area (Å²) >= 11 is 3.33. The van der Waals surface area contributed by atoms with Crippen molar-refractivity contribution in [1.29, 1.82) is 0 Å². The van der Waals surface area contributed by atoms with Gasteiger partial charge in [0.1, 0.15) is 18.3 Å². The zero-order chi connectivity index (χ0) is 15.0. The second-order valence-corrected chi connectivity index (χ2v) is 5.68. The highest BCUT2D eigenvalue weighted by molar-refractivity contribution is 9.10. The van der Waals surface area contributed by atoms with Crippen LogP contribution in [0.4, 0.5) is 0 Å². The van der Waals surface area contributed by atoms with Crippen LogP contribution in [0.15, 0.2) is 46.9 Å². The SMILES string of the molecule is O=C(c1ccccc1)c1cc(Br)cc2c1OC[C@@H]2C(=O)O. The molecule has 0 bridgehead atoms. The first kappa shape index (κ1) is 13.8. The first-order valence-electron chi connectivity index (χ1n) is 6.36. The van der Waals surface area contributed by atoms with Crippen molar-refractivity contribution >= 4 is 27.7 Å². The third kappa shape index (κ3) is 2.45. The number of ether oxygens (including phenoxy) is 1. The van der Waals surface area contributed by atoms with Crippen molar-refractivity contribution < 1.29 is 19.4 Å². The van der Waals surface area contributed by atoms with E-state index < -0.39 is 11.9 Å². The van der Waals surface area contributed by atoms with Gasteiger partial charge in [-0.3, -0.25) is 9.59 Å². The lowest BCUT2D eigenvalue weighted by Crippen LogP contribution is -2.12. The Kier molecular flexibility index (Phi) is 3.51. The number of ketones is 1. The maximum absolute atomic E-state index is 12.6. The quantitative estimate of drug-likeness (QED) is 0.866. The van der Waals surface area contributed by atoms with Crippen LogP contribution in [0.3, 0.4) is 0 Å². The Balaban J connectivity index is 2.11. The first-order chi connectivity index (χ1) is 10.1. The van der Waals surface area contributed by atoms with Gasteiger partial charge in [0, 0.05) is 15.6 Å². The summed E-state index contributed by atoms with van der Waals surface area (Å²) in [6.07, 6.45) is 0. The summed E-state index contributed by atoms with van der Waals surface area (Å²) in [5, 5.41) is 9.22. The van der Waals surface area contributed by atoms with Crippen LogP contribution >= 0.6 is 15.9 Å². The van der Waals surface area contributed by atoms with Crippen LogP contribution in [0.1, 0.15) is 27.4 Å². The molecule has 0 fully saturated rings. The third-order valence-electron chi connectivity index (χ3n) is 3.43.